The predicted octanol–water partition coefficient (Wildman–Crippen LogP) is 4.66. The summed E-state index contributed by atoms with van der Waals surface area (Å²) in [5.41, 5.74) is 2.59. The summed E-state index contributed by atoms with van der Waals surface area (Å²) in [6.07, 6.45) is 5.09. The smallest absolute Gasteiger partial charge is 0.203 e. The molecule has 7 nitrogen and oxygen atoms in total. The van der Waals surface area contributed by atoms with Crippen molar-refractivity contribution in [2.45, 2.75) is 33.6 Å². The zero-order chi connectivity index (χ0) is 21.2. The summed E-state index contributed by atoms with van der Waals surface area (Å²) in [5.74, 6) is 1.62. The van der Waals surface area contributed by atoms with Gasteiger partial charge in [0, 0.05) is 17.2 Å². The van der Waals surface area contributed by atoms with E-state index >= 15 is 0 Å². The predicted molar refractivity (Wildman–Crippen MR) is 112 cm³/mol. The van der Waals surface area contributed by atoms with Gasteiger partial charge in [-0.1, -0.05) is 27.2 Å². The van der Waals surface area contributed by atoms with Crippen molar-refractivity contribution in [1.29, 1.82) is 0 Å². The van der Waals surface area contributed by atoms with E-state index in [1.165, 1.54) is 0 Å². The molecule has 0 radical (unpaired) electrons. The van der Waals surface area contributed by atoms with E-state index in [0.717, 1.165) is 18.4 Å². The standard InChI is InChI=1S/C22H27N3O4/c1-7-8-22(2,3)20(26)14-11-23-21-18(14)25-15(12-24-21)13-9-16(27-4)19(29-6)17(10-13)28-5/h9-12H,7-8H2,1-6H3,(H,23,24). The maximum atomic E-state index is 13.1. The number of aromatic nitrogens is 3. The molecule has 0 saturated heterocycles. The van der Waals surface area contributed by atoms with Crippen molar-refractivity contribution in [2.75, 3.05) is 21.3 Å². The van der Waals surface area contributed by atoms with Crippen molar-refractivity contribution in [3.8, 4) is 28.5 Å². The Labute approximate surface area is 170 Å². The van der Waals surface area contributed by atoms with Crippen LogP contribution < -0.4 is 14.2 Å². The number of benzene rings is 1. The van der Waals surface area contributed by atoms with Crippen LogP contribution in [0.15, 0.2) is 24.5 Å². The van der Waals surface area contributed by atoms with E-state index in [9.17, 15) is 4.79 Å². The number of fused-ring (bicyclic) bond motifs is 1. The van der Waals surface area contributed by atoms with Crippen LogP contribution in [0, 0.1) is 5.41 Å². The van der Waals surface area contributed by atoms with Gasteiger partial charge in [-0.2, -0.15) is 0 Å². The lowest BCUT2D eigenvalue weighted by Crippen LogP contribution is -2.24. The molecule has 154 valence electrons. The van der Waals surface area contributed by atoms with Crippen LogP contribution in [-0.4, -0.2) is 42.1 Å². The van der Waals surface area contributed by atoms with Crippen molar-refractivity contribution in [3.05, 3.63) is 30.1 Å². The highest BCUT2D eigenvalue weighted by molar-refractivity contribution is 6.08. The fourth-order valence-electron chi connectivity index (χ4n) is 3.54. The Morgan fingerprint density at radius 3 is 2.31 bits per heavy atom. The SMILES string of the molecule is CCCC(C)(C)C(=O)c1c[nH]c2ncc(-c3cc(OC)c(OC)c(OC)c3)nc12. The summed E-state index contributed by atoms with van der Waals surface area (Å²) in [6.45, 7) is 6.01. The Balaban J connectivity index is 2.12. The number of nitrogens with one attached hydrogen (secondary N) is 1. The number of Topliss-reactive ketones (excluding diaryl/α,β-unsaturated/α-hetero) is 1. The number of rotatable bonds is 8. The summed E-state index contributed by atoms with van der Waals surface area (Å²) < 4.78 is 16.2. The molecular formula is C22H27N3O4. The molecule has 7 heteroatoms. The second-order valence-electron chi connectivity index (χ2n) is 7.53. The molecule has 0 fully saturated rings. The van der Waals surface area contributed by atoms with Gasteiger partial charge in [0.15, 0.2) is 22.9 Å². The number of hydrogen-bond acceptors (Lipinski definition) is 6. The van der Waals surface area contributed by atoms with E-state index in [0.29, 0.717) is 39.7 Å². The van der Waals surface area contributed by atoms with Gasteiger partial charge in [0.05, 0.1) is 38.8 Å². The lowest BCUT2D eigenvalue weighted by Gasteiger charge is -2.21. The summed E-state index contributed by atoms with van der Waals surface area (Å²) >= 11 is 0. The van der Waals surface area contributed by atoms with E-state index in [4.69, 9.17) is 19.2 Å². The first-order chi connectivity index (χ1) is 13.9. The number of ketones is 1. The van der Waals surface area contributed by atoms with Gasteiger partial charge in [0.2, 0.25) is 5.75 Å². The highest BCUT2D eigenvalue weighted by atomic mass is 16.5. The molecule has 2 aromatic heterocycles. The zero-order valence-corrected chi connectivity index (χ0v) is 17.8. The first-order valence-electron chi connectivity index (χ1n) is 9.55. The lowest BCUT2D eigenvalue weighted by atomic mass is 9.81. The molecule has 0 amide bonds. The van der Waals surface area contributed by atoms with Crippen LogP contribution in [0.5, 0.6) is 17.2 Å². The van der Waals surface area contributed by atoms with Crippen LogP contribution in [0.2, 0.25) is 0 Å². The van der Waals surface area contributed by atoms with Gasteiger partial charge in [0.1, 0.15) is 5.52 Å². The zero-order valence-electron chi connectivity index (χ0n) is 17.8. The molecule has 2 heterocycles. The molecule has 0 saturated carbocycles. The minimum absolute atomic E-state index is 0.0574. The summed E-state index contributed by atoms with van der Waals surface area (Å²) in [7, 11) is 4.69. The van der Waals surface area contributed by atoms with Gasteiger partial charge in [-0.3, -0.25) is 4.79 Å². The normalized spacial score (nSPS) is 11.5. The maximum absolute atomic E-state index is 13.1. The summed E-state index contributed by atoms with van der Waals surface area (Å²) in [6, 6.07) is 3.62. The maximum Gasteiger partial charge on any atom is 0.203 e. The second kappa shape index (κ2) is 8.11. The fourth-order valence-corrected chi connectivity index (χ4v) is 3.54. The highest BCUT2D eigenvalue weighted by Crippen LogP contribution is 2.41. The molecule has 1 aromatic carbocycles. The van der Waals surface area contributed by atoms with Crippen molar-refractivity contribution < 1.29 is 19.0 Å². The number of aromatic amines is 1. The van der Waals surface area contributed by atoms with Crippen molar-refractivity contribution in [1.82, 2.24) is 15.0 Å². The lowest BCUT2D eigenvalue weighted by molar-refractivity contribution is 0.0827. The molecule has 0 aliphatic rings. The Morgan fingerprint density at radius 1 is 1.10 bits per heavy atom. The van der Waals surface area contributed by atoms with Crippen molar-refractivity contribution in [3.63, 3.8) is 0 Å². The van der Waals surface area contributed by atoms with Crippen LogP contribution in [0.4, 0.5) is 0 Å². The van der Waals surface area contributed by atoms with E-state index in [2.05, 4.69) is 16.9 Å². The number of hydrogen-bond donors (Lipinski definition) is 1. The van der Waals surface area contributed by atoms with Crippen LogP contribution in [0.1, 0.15) is 44.0 Å². The van der Waals surface area contributed by atoms with Crippen LogP contribution >= 0.6 is 0 Å². The Hall–Kier alpha value is -3.09. The van der Waals surface area contributed by atoms with E-state index in [1.807, 2.05) is 26.0 Å². The molecule has 1 N–H and O–H groups in total. The number of carbonyl (C=O) groups excluding carboxylic acids is 1. The van der Waals surface area contributed by atoms with Crippen LogP contribution in [-0.2, 0) is 0 Å². The third-order valence-electron chi connectivity index (χ3n) is 5.08. The summed E-state index contributed by atoms with van der Waals surface area (Å²) in [5, 5.41) is 0. The molecule has 0 aliphatic heterocycles. The average Bonchev–Trinajstić information content (AvgIpc) is 3.14. The van der Waals surface area contributed by atoms with Gasteiger partial charge in [-0.15, -0.1) is 0 Å². The first kappa shape index (κ1) is 20.6. The monoisotopic (exact) mass is 397 g/mol. The van der Waals surface area contributed by atoms with E-state index in [1.54, 1.807) is 33.7 Å². The topological polar surface area (TPSA) is 86.3 Å². The molecule has 0 aliphatic carbocycles. The third-order valence-corrected chi connectivity index (χ3v) is 5.08. The van der Waals surface area contributed by atoms with Gasteiger partial charge in [-0.05, 0) is 18.6 Å². The number of H-pyrrole nitrogens is 1. The van der Waals surface area contributed by atoms with E-state index < -0.39 is 5.41 Å². The third kappa shape index (κ3) is 3.77. The Morgan fingerprint density at radius 2 is 1.76 bits per heavy atom. The molecule has 29 heavy (non-hydrogen) atoms. The molecular weight excluding hydrogens is 370 g/mol. The van der Waals surface area contributed by atoms with Gasteiger partial charge >= 0.3 is 0 Å². The summed E-state index contributed by atoms with van der Waals surface area (Å²) in [4.78, 5) is 25.4. The Kier molecular flexibility index (Phi) is 5.77. The Bertz CT molecular complexity index is 1010. The molecule has 0 bridgehead atoms. The largest absolute Gasteiger partial charge is 0.493 e. The highest BCUT2D eigenvalue weighted by Gasteiger charge is 2.30. The van der Waals surface area contributed by atoms with Crippen LogP contribution in [0.3, 0.4) is 0 Å². The average molecular weight is 397 g/mol. The van der Waals surface area contributed by atoms with Crippen molar-refractivity contribution >= 4 is 16.9 Å². The first-order valence-corrected chi connectivity index (χ1v) is 9.55. The number of ether oxygens (including phenoxy) is 3. The molecule has 0 atom stereocenters. The van der Waals surface area contributed by atoms with Crippen LogP contribution in [0.25, 0.3) is 22.4 Å². The number of methoxy groups -OCH3 is 3. The molecule has 3 rings (SSSR count). The minimum atomic E-state index is -0.464. The second-order valence-corrected chi connectivity index (χ2v) is 7.53. The quantitative estimate of drug-likeness (QED) is 0.556. The van der Waals surface area contributed by atoms with Crippen molar-refractivity contribution in [2.24, 2.45) is 5.41 Å². The fraction of sp³-hybridized carbons (Fsp3) is 0.409. The van der Waals surface area contributed by atoms with Gasteiger partial charge in [-0.25, -0.2) is 9.97 Å². The minimum Gasteiger partial charge on any atom is -0.493 e. The molecule has 0 spiro atoms. The van der Waals surface area contributed by atoms with E-state index in [-0.39, 0.29) is 5.78 Å². The van der Waals surface area contributed by atoms with Gasteiger partial charge in [0.25, 0.3) is 0 Å². The number of nitrogens with zero attached hydrogens (tertiary/aromatic N) is 2. The number of carbonyl (C=O) groups is 1. The molecule has 3 aromatic rings. The molecule has 0 unspecified atom stereocenters. The van der Waals surface area contributed by atoms with Gasteiger partial charge < -0.3 is 19.2 Å².